The van der Waals surface area contributed by atoms with Crippen molar-refractivity contribution in [2.45, 2.75) is 37.9 Å². The van der Waals surface area contributed by atoms with Crippen LogP contribution in [0.3, 0.4) is 0 Å². The van der Waals surface area contributed by atoms with Gasteiger partial charge in [-0.15, -0.1) is 0 Å². The molecule has 1 aliphatic carbocycles. The van der Waals surface area contributed by atoms with Crippen molar-refractivity contribution in [1.82, 2.24) is 5.43 Å². The Morgan fingerprint density at radius 1 is 1.42 bits per heavy atom. The molecule has 2 nitrogen and oxygen atoms in total. The minimum atomic E-state index is -4.05. The van der Waals surface area contributed by atoms with Gasteiger partial charge < -0.3 is 0 Å². The SMILES string of the molecule is NNC(CCC(F)(F)F)C1CC1. The van der Waals surface area contributed by atoms with E-state index < -0.39 is 12.6 Å². The van der Waals surface area contributed by atoms with Gasteiger partial charge in [0, 0.05) is 12.5 Å². The summed E-state index contributed by atoms with van der Waals surface area (Å²) in [6, 6.07) is -0.147. The third kappa shape index (κ3) is 3.40. The van der Waals surface area contributed by atoms with Gasteiger partial charge in [-0.3, -0.25) is 11.3 Å². The van der Waals surface area contributed by atoms with Crippen molar-refractivity contribution in [3.8, 4) is 0 Å². The van der Waals surface area contributed by atoms with Crippen LogP contribution in [0, 0.1) is 5.92 Å². The van der Waals surface area contributed by atoms with Crippen LogP contribution in [-0.4, -0.2) is 12.2 Å². The Morgan fingerprint density at radius 2 is 2.00 bits per heavy atom. The van der Waals surface area contributed by atoms with Crippen molar-refractivity contribution in [3.05, 3.63) is 0 Å². The molecule has 0 aromatic rings. The van der Waals surface area contributed by atoms with Gasteiger partial charge in [-0.2, -0.15) is 13.2 Å². The zero-order valence-corrected chi connectivity index (χ0v) is 6.69. The highest BCUT2D eigenvalue weighted by Gasteiger charge is 2.34. The fourth-order valence-corrected chi connectivity index (χ4v) is 1.27. The van der Waals surface area contributed by atoms with Crippen molar-refractivity contribution >= 4 is 0 Å². The van der Waals surface area contributed by atoms with E-state index >= 15 is 0 Å². The summed E-state index contributed by atoms with van der Waals surface area (Å²) in [4.78, 5) is 0. The van der Waals surface area contributed by atoms with Crippen molar-refractivity contribution in [3.63, 3.8) is 0 Å². The van der Waals surface area contributed by atoms with Crippen LogP contribution in [-0.2, 0) is 0 Å². The first-order chi connectivity index (χ1) is 5.53. The van der Waals surface area contributed by atoms with Gasteiger partial charge in [0.15, 0.2) is 0 Å². The summed E-state index contributed by atoms with van der Waals surface area (Å²) in [7, 11) is 0. The van der Waals surface area contributed by atoms with Crippen molar-refractivity contribution in [2.24, 2.45) is 11.8 Å². The molecule has 1 unspecified atom stereocenters. The molecular weight excluding hydrogens is 169 g/mol. The summed E-state index contributed by atoms with van der Waals surface area (Å²) in [6.07, 6.45) is -2.67. The van der Waals surface area contributed by atoms with E-state index in [4.69, 9.17) is 5.84 Å². The molecule has 0 amide bonds. The van der Waals surface area contributed by atoms with Gasteiger partial charge in [0.05, 0.1) is 0 Å². The minimum Gasteiger partial charge on any atom is -0.271 e. The van der Waals surface area contributed by atoms with E-state index in [0.717, 1.165) is 12.8 Å². The van der Waals surface area contributed by atoms with E-state index in [1.165, 1.54) is 0 Å². The zero-order chi connectivity index (χ0) is 9.19. The maximum absolute atomic E-state index is 11.8. The van der Waals surface area contributed by atoms with Gasteiger partial charge in [0.2, 0.25) is 0 Å². The van der Waals surface area contributed by atoms with E-state index in [2.05, 4.69) is 5.43 Å². The van der Waals surface area contributed by atoms with Crippen LogP contribution >= 0.6 is 0 Å². The molecule has 0 bridgehead atoms. The summed E-state index contributed by atoms with van der Waals surface area (Å²) in [5.74, 6) is 5.50. The summed E-state index contributed by atoms with van der Waals surface area (Å²) < 4.78 is 35.3. The van der Waals surface area contributed by atoms with Gasteiger partial charge in [0.25, 0.3) is 0 Å². The Balaban J connectivity index is 2.19. The smallest absolute Gasteiger partial charge is 0.271 e. The van der Waals surface area contributed by atoms with Crippen LogP contribution in [0.2, 0.25) is 0 Å². The molecule has 1 rings (SSSR count). The van der Waals surface area contributed by atoms with Crippen LogP contribution < -0.4 is 11.3 Å². The van der Waals surface area contributed by atoms with E-state index in [9.17, 15) is 13.2 Å². The normalized spacial score (nSPS) is 21.0. The number of rotatable bonds is 4. The third-order valence-corrected chi connectivity index (χ3v) is 2.14. The molecule has 0 radical (unpaired) electrons. The van der Waals surface area contributed by atoms with Crippen molar-refractivity contribution < 1.29 is 13.2 Å². The molecule has 0 aromatic heterocycles. The number of hydrogen-bond acceptors (Lipinski definition) is 2. The highest BCUT2D eigenvalue weighted by atomic mass is 19.4. The average molecular weight is 182 g/mol. The molecule has 0 spiro atoms. The first kappa shape index (κ1) is 9.80. The van der Waals surface area contributed by atoms with Gasteiger partial charge in [-0.25, -0.2) is 0 Å². The van der Waals surface area contributed by atoms with E-state index in [1.807, 2.05) is 0 Å². The second kappa shape index (κ2) is 3.62. The lowest BCUT2D eigenvalue weighted by atomic mass is 10.1. The molecule has 12 heavy (non-hydrogen) atoms. The lowest BCUT2D eigenvalue weighted by Gasteiger charge is -2.15. The molecule has 1 aliphatic rings. The third-order valence-electron chi connectivity index (χ3n) is 2.14. The Morgan fingerprint density at radius 3 is 2.33 bits per heavy atom. The molecular formula is C7H13F3N2. The predicted molar refractivity (Wildman–Crippen MR) is 39.1 cm³/mol. The number of nitrogens with one attached hydrogen (secondary N) is 1. The number of hydrazine groups is 1. The molecule has 72 valence electrons. The van der Waals surface area contributed by atoms with Crippen molar-refractivity contribution in [2.75, 3.05) is 0 Å². The molecule has 1 saturated carbocycles. The van der Waals surface area contributed by atoms with Gasteiger partial charge in [0.1, 0.15) is 0 Å². The quantitative estimate of drug-likeness (QED) is 0.511. The summed E-state index contributed by atoms with van der Waals surface area (Å²) >= 11 is 0. The number of nitrogens with two attached hydrogens (primary N) is 1. The number of hydrogen-bond donors (Lipinski definition) is 2. The topological polar surface area (TPSA) is 38.0 Å². The predicted octanol–water partition coefficient (Wildman–Crippen LogP) is 1.57. The first-order valence-electron chi connectivity index (χ1n) is 4.06. The number of halogens is 3. The second-order valence-electron chi connectivity index (χ2n) is 3.26. The highest BCUT2D eigenvalue weighted by molar-refractivity contribution is 4.85. The molecule has 0 aromatic carbocycles. The maximum atomic E-state index is 11.8. The van der Waals surface area contributed by atoms with Crippen LogP contribution in [0.5, 0.6) is 0 Å². The van der Waals surface area contributed by atoms with Gasteiger partial charge >= 0.3 is 6.18 Å². The monoisotopic (exact) mass is 182 g/mol. The summed E-state index contributed by atoms with van der Waals surface area (Å²) in [5, 5.41) is 0. The van der Waals surface area contributed by atoms with Crippen LogP contribution in [0.4, 0.5) is 13.2 Å². The fraction of sp³-hybridized carbons (Fsp3) is 1.00. The van der Waals surface area contributed by atoms with Crippen LogP contribution in [0.1, 0.15) is 25.7 Å². The highest BCUT2D eigenvalue weighted by Crippen LogP contribution is 2.35. The van der Waals surface area contributed by atoms with Crippen LogP contribution in [0.25, 0.3) is 0 Å². The average Bonchev–Trinajstić information content (AvgIpc) is 2.70. The van der Waals surface area contributed by atoms with Crippen LogP contribution in [0.15, 0.2) is 0 Å². The second-order valence-corrected chi connectivity index (χ2v) is 3.26. The molecule has 0 aliphatic heterocycles. The Bertz CT molecular complexity index is 142. The van der Waals surface area contributed by atoms with Gasteiger partial charge in [-0.1, -0.05) is 0 Å². The van der Waals surface area contributed by atoms with Gasteiger partial charge in [-0.05, 0) is 25.2 Å². The lowest BCUT2D eigenvalue weighted by Crippen LogP contribution is -2.37. The Kier molecular flexibility index (Phi) is 2.95. The van der Waals surface area contributed by atoms with E-state index in [1.54, 1.807) is 0 Å². The first-order valence-corrected chi connectivity index (χ1v) is 4.06. The Labute approximate surface area is 69.3 Å². The molecule has 0 saturated heterocycles. The largest absolute Gasteiger partial charge is 0.389 e. The minimum absolute atomic E-state index is 0.102. The standard InChI is InChI=1S/C7H13F3N2/c8-7(9,10)4-3-6(12-11)5-1-2-5/h5-6,12H,1-4,11H2. The molecule has 5 heteroatoms. The maximum Gasteiger partial charge on any atom is 0.389 e. The summed E-state index contributed by atoms with van der Waals surface area (Å²) in [5.41, 5.74) is 2.44. The number of alkyl halides is 3. The molecule has 1 atom stereocenters. The lowest BCUT2D eigenvalue weighted by molar-refractivity contribution is -0.136. The summed E-state index contributed by atoms with van der Waals surface area (Å²) in [6.45, 7) is 0. The molecule has 1 fully saturated rings. The molecule has 3 N–H and O–H groups in total. The van der Waals surface area contributed by atoms with E-state index in [0.29, 0.717) is 5.92 Å². The van der Waals surface area contributed by atoms with Crippen molar-refractivity contribution in [1.29, 1.82) is 0 Å². The Hall–Kier alpha value is -0.290. The zero-order valence-electron chi connectivity index (χ0n) is 6.69. The fourth-order valence-electron chi connectivity index (χ4n) is 1.27. The molecule has 0 heterocycles. The van der Waals surface area contributed by atoms with E-state index in [-0.39, 0.29) is 12.5 Å².